The molecule has 1 unspecified atom stereocenters. The largest absolute Gasteiger partial charge is 0.385 e. The van der Waals surface area contributed by atoms with Crippen LogP contribution >= 0.6 is 11.6 Å². The van der Waals surface area contributed by atoms with Crippen LogP contribution in [0.25, 0.3) is 0 Å². The minimum Gasteiger partial charge on any atom is -0.385 e. The molecule has 4 nitrogen and oxygen atoms in total. The zero-order valence-electron chi connectivity index (χ0n) is 10.9. The van der Waals surface area contributed by atoms with Crippen molar-refractivity contribution in [3.05, 3.63) is 28.8 Å². The van der Waals surface area contributed by atoms with Gasteiger partial charge in [-0.05, 0) is 31.5 Å². The molecule has 0 bridgehead atoms. The van der Waals surface area contributed by atoms with E-state index in [9.17, 15) is 4.79 Å². The van der Waals surface area contributed by atoms with Crippen LogP contribution in [0.5, 0.6) is 0 Å². The Morgan fingerprint density at radius 2 is 2.22 bits per heavy atom. The van der Waals surface area contributed by atoms with Crippen LogP contribution in [0.4, 0.5) is 5.69 Å². The molecule has 0 radical (unpaired) electrons. The van der Waals surface area contributed by atoms with E-state index >= 15 is 0 Å². The lowest BCUT2D eigenvalue weighted by Crippen LogP contribution is -2.20. The number of ether oxygens (including phenoxy) is 1. The number of rotatable bonds is 6. The fourth-order valence-electron chi connectivity index (χ4n) is 1.58. The minimum atomic E-state index is -0.187. The van der Waals surface area contributed by atoms with E-state index < -0.39 is 0 Å². The van der Waals surface area contributed by atoms with Gasteiger partial charge in [0.2, 0.25) is 0 Å². The van der Waals surface area contributed by atoms with Crippen molar-refractivity contribution in [2.75, 3.05) is 26.1 Å². The lowest BCUT2D eigenvalue weighted by molar-refractivity contribution is 0.0963. The Morgan fingerprint density at radius 3 is 2.83 bits per heavy atom. The first-order chi connectivity index (χ1) is 8.58. The number of benzene rings is 1. The van der Waals surface area contributed by atoms with Crippen molar-refractivity contribution in [3.63, 3.8) is 0 Å². The SMILES string of the molecule is CNC(=O)c1cc(NC(C)CCOC)ccc1Cl. The van der Waals surface area contributed by atoms with Gasteiger partial charge >= 0.3 is 0 Å². The van der Waals surface area contributed by atoms with E-state index in [1.54, 1.807) is 26.3 Å². The number of carbonyl (C=O) groups excluding carboxylic acids is 1. The van der Waals surface area contributed by atoms with Gasteiger partial charge in [0.15, 0.2) is 0 Å². The molecular formula is C13H19ClN2O2. The molecule has 1 aromatic carbocycles. The molecule has 0 aliphatic rings. The third-order valence-electron chi connectivity index (χ3n) is 2.61. The predicted octanol–water partition coefficient (Wildman–Crippen LogP) is 2.54. The van der Waals surface area contributed by atoms with Crippen molar-refractivity contribution < 1.29 is 9.53 Å². The maximum atomic E-state index is 11.6. The highest BCUT2D eigenvalue weighted by Crippen LogP contribution is 2.21. The summed E-state index contributed by atoms with van der Waals surface area (Å²) in [5.41, 5.74) is 1.35. The topological polar surface area (TPSA) is 50.4 Å². The summed E-state index contributed by atoms with van der Waals surface area (Å²) in [5.74, 6) is -0.187. The van der Waals surface area contributed by atoms with Crippen molar-refractivity contribution in [1.29, 1.82) is 0 Å². The number of carbonyl (C=O) groups is 1. The smallest absolute Gasteiger partial charge is 0.252 e. The third-order valence-corrected chi connectivity index (χ3v) is 2.94. The predicted molar refractivity (Wildman–Crippen MR) is 74.4 cm³/mol. The third kappa shape index (κ3) is 4.20. The highest BCUT2D eigenvalue weighted by molar-refractivity contribution is 6.34. The normalized spacial score (nSPS) is 12.0. The van der Waals surface area contributed by atoms with Gasteiger partial charge in [0.25, 0.3) is 5.91 Å². The van der Waals surface area contributed by atoms with Gasteiger partial charge < -0.3 is 15.4 Å². The molecule has 1 aromatic rings. The van der Waals surface area contributed by atoms with E-state index in [2.05, 4.69) is 17.6 Å². The lowest BCUT2D eigenvalue weighted by Gasteiger charge is -2.15. The van der Waals surface area contributed by atoms with Crippen LogP contribution in [-0.2, 0) is 4.74 Å². The summed E-state index contributed by atoms with van der Waals surface area (Å²) in [6.07, 6.45) is 0.897. The number of hydrogen-bond acceptors (Lipinski definition) is 3. The standard InChI is InChI=1S/C13H19ClN2O2/c1-9(6-7-18-3)16-10-4-5-12(14)11(8-10)13(17)15-2/h4-5,8-9,16H,6-7H2,1-3H3,(H,15,17). The fraction of sp³-hybridized carbons (Fsp3) is 0.462. The van der Waals surface area contributed by atoms with Crippen LogP contribution in [0.3, 0.4) is 0 Å². The molecule has 1 rings (SSSR count). The number of hydrogen-bond donors (Lipinski definition) is 2. The first kappa shape index (κ1) is 14.8. The molecule has 0 saturated heterocycles. The van der Waals surface area contributed by atoms with Crippen LogP contribution in [0.15, 0.2) is 18.2 Å². The highest BCUT2D eigenvalue weighted by Gasteiger charge is 2.10. The van der Waals surface area contributed by atoms with Gasteiger partial charge in [-0.15, -0.1) is 0 Å². The zero-order valence-corrected chi connectivity index (χ0v) is 11.7. The molecule has 0 aliphatic carbocycles. The van der Waals surface area contributed by atoms with Crippen molar-refractivity contribution in [2.24, 2.45) is 0 Å². The second-order valence-electron chi connectivity index (χ2n) is 4.10. The Balaban J connectivity index is 2.75. The van der Waals surface area contributed by atoms with Crippen molar-refractivity contribution >= 4 is 23.2 Å². The summed E-state index contributed by atoms with van der Waals surface area (Å²) in [4.78, 5) is 11.6. The molecule has 0 aliphatic heterocycles. The average Bonchev–Trinajstić information content (AvgIpc) is 2.37. The lowest BCUT2D eigenvalue weighted by atomic mass is 10.1. The molecule has 5 heteroatoms. The monoisotopic (exact) mass is 270 g/mol. The molecule has 0 fully saturated rings. The molecule has 0 aromatic heterocycles. The van der Waals surface area contributed by atoms with Crippen molar-refractivity contribution in [3.8, 4) is 0 Å². The second kappa shape index (κ2) is 7.24. The number of nitrogens with one attached hydrogen (secondary N) is 2. The van der Waals surface area contributed by atoms with Gasteiger partial charge in [-0.25, -0.2) is 0 Å². The molecule has 1 atom stereocenters. The van der Waals surface area contributed by atoms with Crippen LogP contribution in [0.2, 0.25) is 5.02 Å². The molecule has 0 spiro atoms. The number of amides is 1. The van der Waals surface area contributed by atoms with Gasteiger partial charge in [-0.2, -0.15) is 0 Å². The van der Waals surface area contributed by atoms with Gasteiger partial charge in [0.1, 0.15) is 0 Å². The maximum absolute atomic E-state index is 11.6. The van der Waals surface area contributed by atoms with Crippen LogP contribution < -0.4 is 10.6 Å². The number of halogens is 1. The summed E-state index contributed by atoms with van der Waals surface area (Å²) in [6, 6.07) is 5.60. The summed E-state index contributed by atoms with van der Waals surface area (Å²) in [7, 11) is 3.26. The number of methoxy groups -OCH3 is 1. The van der Waals surface area contributed by atoms with E-state index in [4.69, 9.17) is 16.3 Å². The Hall–Kier alpha value is -1.26. The van der Waals surface area contributed by atoms with Gasteiger partial charge in [0.05, 0.1) is 10.6 Å². The van der Waals surface area contributed by atoms with Crippen LogP contribution in [-0.4, -0.2) is 32.7 Å². The summed E-state index contributed by atoms with van der Waals surface area (Å²) in [6.45, 7) is 2.76. The molecular weight excluding hydrogens is 252 g/mol. The van der Waals surface area contributed by atoms with Crippen LogP contribution in [0, 0.1) is 0 Å². The fourth-order valence-corrected chi connectivity index (χ4v) is 1.78. The summed E-state index contributed by atoms with van der Waals surface area (Å²) < 4.78 is 5.02. The molecule has 0 heterocycles. The first-order valence-corrected chi connectivity index (χ1v) is 6.23. The van der Waals surface area contributed by atoms with E-state index in [0.29, 0.717) is 17.2 Å². The molecule has 1 amide bonds. The average molecular weight is 271 g/mol. The molecule has 2 N–H and O–H groups in total. The van der Waals surface area contributed by atoms with Gasteiger partial charge in [-0.1, -0.05) is 11.6 Å². The summed E-state index contributed by atoms with van der Waals surface area (Å²) in [5, 5.41) is 6.32. The van der Waals surface area contributed by atoms with Gasteiger partial charge in [-0.3, -0.25) is 4.79 Å². The molecule has 100 valence electrons. The Kier molecular flexibility index (Phi) is 5.95. The van der Waals surface area contributed by atoms with E-state index in [1.165, 1.54) is 0 Å². The highest BCUT2D eigenvalue weighted by atomic mass is 35.5. The maximum Gasteiger partial charge on any atom is 0.252 e. The van der Waals surface area contributed by atoms with E-state index in [-0.39, 0.29) is 11.9 Å². The van der Waals surface area contributed by atoms with E-state index in [0.717, 1.165) is 12.1 Å². The molecule has 0 saturated carbocycles. The zero-order chi connectivity index (χ0) is 13.5. The molecule has 18 heavy (non-hydrogen) atoms. The van der Waals surface area contributed by atoms with Crippen LogP contribution in [0.1, 0.15) is 23.7 Å². The van der Waals surface area contributed by atoms with Crippen molar-refractivity contribution in [1.82, 2.24) is 5.32 Å². The minimum absolute atomic E-state index is 0.187. The Morgan fingerprint density at radius 1 is 1.50 bits per heavy atom. The Bertz CT molecular complexity index is 410. The second-order valence-corrected chi connectivity index (χ2v) is 4.51. The number of anilines is 1. The summed E-state index contributed by atoms with van der Waals surface area (Å²) >= 11 is 5.98. The quantitative estimate of drug-likeness (QED) is 0.835. The first-order valence-electron chi connectivity index (χ1n) is 5.85. The Labute approximate surface area is 113 Å². The van der Waals surface area contributed by atoms with Gasteiger partial charge in [0, 0.05) is 32.5 Å². The van der Waals surface area contributed by atoms with E-state index in [1.807, 2.05) is 6.07 Å². The van der Waals surface area contributed by atoms with Crippen molar-refractivity contribution in [2.45, 2.75) is 19.4 Å².